The highest BCUT2D eigenvalue weighted by molar-refractivity contribution is 7.98. The molecule has 0 fully saturated rings. The maximum absolute atomic E-state index is 11.2. The lowest BCUT2D eigenvalue weighted by Gasteiger charge is -2.15. The van der Waals surface area contributed by atoms with Crippen molar-refractivity contribution in [2.75, 3.05) is 19.1 Å². The average molecular weight is 204 g/mol. The van der Waals surface area contributed by atoms with Crippen LogP contribution in [0.25, 0.3) is 0 Å². The van der Waals surface area contributed by atoms with Crippen LogP contribution in [0.4, 0.5) is 0 Å². The molecule has 0 unspecified atom stereocenters. The van der Waals surface area contributed by atoms with Gasteiger partial charge in [-0.3, -0.25) is 9.59 Å². The van der Waals surface area contributed by atoms with Gasteiger partial charge in [-0.1, -0.05) is 6.92 Å². The number of carbonyl (C=O) groups excluding carboxylic acids is 2. The smallest absolute Gasteiger partial charge is 0.243 e. The highest BCUT2D eigenvalue weighted by Gasteiger charge is 2.17. The minimum Gasteiger partial charge on any atom is -0.357 e. The van der Waals surface area contributed by atoms with Crippen molar-refractivity contribution in [2.45, 2.75) is 19.4 Å². The lowest BCUT2D eigenvalue weighted by Crippen LogP contribution is -2.47. The van der Waals surface area contributed by atoms with Gasteiger partial charge < -0.3 is 10.6 Å². The topological polar surface area (TPSA) is 58.2 Å². The van der Waals surface area contributed by atoms with Crippen LogP contribution in [-0.4, -0.2) is 36.9 Å². The van der Waals surface area contributed by atoms with E-state index in [0.29, 0.717) is 12.2 Å². The molecule has 13 heavy (non-hydrogen) atoms. The Morgan fingerprint density at radius 1 is 1.46 bits per heavy atom. The van der Waals surface area contributed by atoms with Gasteiger partial charge in [0, 0.05) is 19.2 Å². The van der Waals surface area contributed by atoms with Crippen LogP contribution in [0.2, 0.25) is 0 Å². The van der Waals surface area contributed by atoms with Crippen LogP contribution in [0.5, 0.6) is 0 Å². The van der Waals surface area contributed by atoms with Gasteiger partial charge in [0.05, 0.1) is 0 Å². The van der Waals surface area contributed by atoms with Crippen molar-refractivity contribution in [1.29, 1.82) is 0 Å². The van der Waals surface area contributed by atoms with Crippen molar-refractivity contribution in [3.63, 3.8) is 0 Å². The molecule has 2 amide bonds. The number of amides is 2. The zero-order chi connectivity index (χ0) is 10.3. The third-order valence-electron chi connectivity index (χ3n) is 1.55. The first-order chi connectivity index (χ1) is 6.15. The number of rotatable bonds is 5. The molecule has 2 N–H and O–H groups in total. The van der Waals surface area contributed by atoms with Crippen molar-refractivity contribution in [3.8, 4) is 0 Å². The molecule has 0 spiro atoms. The Morgan fingerprint density at radius 2 is 2.08 bits per heavy atom. The largest absolute Gasteiger partial charge is 0.357 e. The Morgan fingerprint density at radius 3 is 2.46 bits per heavy atom. The van der Waals surface area contributed by atoms with E-state index in [9.17, 15) is 9.59 Å². The van der Waals surface area contributed by atoms with E-state index in [2.05, 4.69) is 10.6 Å². The molecule has 0 bridgehead atoms. The number of likely N-dealkylation sites (N-methyl/N-ethyl adjacent to an activating group) is 1. The molecule has 1 atom stereocenters. The van der Waals surface area contributed by atoms with Gasteiger partial charge in [-0.15, -0.1) is 0 Å². The van der Waals surface area contributed by atoms with E-state index in [1.807, 2.05) is 6.26 Å². The summed E-state index contributed by atoms with van der Waals surface area (Å²) in [5.41, 5.74) is 0. The summed E-state index contributed by atoms with van der Waals surface area (Å²) in [6.45, 7) is 1.76. The Kier molecular flexibility index (Phi) is 6.40. The summed E-state index contributed by atoms with van der Waals surface area (Å²) in [5, 5.41) is 5.16. The molecule has 0 aromatic rings. The van der Waals surface area contributed by atoms with Crippen molar-refractivity contribution < 1.29 is 9.59 Å². The van der Waals surface area contributed by atoms with Crippen LogP contribution < -0.4 is 10.6 Å². The quantitative estimate of drug-likeness (QED) is 0.662. The van der Waals surface area contributed by atoms with Gasteiger partial charge in [0.1, 0.15) is 6.04 Å². The maximum atomic E-state index is 11.2. The SMILES string of the molecule is CCC(=O)N[C@@H](CSC)C(=O)NC. The molecule has 76 valence electrons. The fraction of sp³-hybridized carbons (Fsp3) is 0.750. The summed E-state index contributed by atoms with van der Waals surface area (Å²) in [6.07, 6.45) is 2.30. The zero-order valence-corrected chi connectivity index (χ0v) is 9.03. The fourth-order valence-electron chi connectivity index (χ4n) is 0.820. The number of nitrogens with one attached hydrogen (secondary N) is 2. The predicted molar refractivity (Wildman–Crippen MR) is 54.7 cm³/mol. The van der Waals surface area contributed by atoms with E-state index in [0.717, 1.165) is 0 Å². The van der Waals surface area contributed by atoms with Crippen LogP contribution in [0.1, 0.15) is 13.3 Å². The van der Waals surface area contributed by atoms with Gasteiger partial charge in [-0.25, -0.2) is 0 Å². The third kappa shape index (κ3) is 4.77. The van der Waals surface area contributed by atoms with Crippen molar-refractivity contribution in [2.24, 2.45) is 0 Å². The molecule has 0 saturated heterocycles. The normalized spacial score (nSPS) is 11.9. The lowest BCUT2D eigenvalue weighted by molar-refractivity contribution is -0.128. The van der Waals surface area contributed by atoms with Gasteiger partial charge in [0.15, 0.2) is 0 Å². The number of carbonyl (C=O) groups is 2. The van der Waals surface area contributed by atoms with Gasteiger partial charge in [-0.2, -0.15) is 11.8 Å². The van der Waals surface area contributed by atoms with E-state index in [4.69, 9.17) is 0 Å². The van der Waals surface area contributed by atoms with Crippen molar-refractivity contribution in [1.82, 2.24) is 10.6 Å². The summed E-state index contributed by atoms with van der Waals surface area (Å²) in [4.78, 5) is 22.2. The summed E-state index contributed by atoms with van der Waals surface area (Å²) in [7, 11) is 1.56. The molecule has 0 radical (unpaired) electrons. The van der Waals surface area contributed by atoms with E-state index in [1.54, 1.807) is 14.0 Å². The number of thioether (sulfide) groups is 1. The minimum atomic E-state index is -0.410. The number of hydrogen-bond acceptors (Lipinski definition) is 3. The van der Waals surface area contributed by atoms with Crippen LogP contribution in [0.3, 0.4) is 0 Å². The first-order valence-corrected chi connectivity index (χ1v) is 5.55. The summed E-state index contributed by atoms with van der Waals surface area (Å²) >= 11 is 1.53. The molecule has 0 aliphatic heterocycles. The van der Waals surface area contributed by atoms with Crippen molar-refractivity contribution in [3.05, 3.63) is 0 Å². The molecule has 0 aromatic carbocycles. The summed E-state index contributed by atoms with van der Waals surface area (Å²) in [5.74, 6) is 0.365. The second-order valence-electron chi connectivity index (χ2n) is 2.54. The highest BCUT2D eigenvalue weighted by atomic mass is 32.2. The highest BCUT2D eigenvalue weighted by Crippen LogP contribution is 1.97. The molecule has 5 heteroatoms. The van der Waals surface area contributed by atoms with Crippen LogP contribution in [0, 0.1) is 0 Å². The van der Waals surface area contributed by atoms with E-state index >= 15 is 0 Å². The van der Waals surface area contributed by atoms with Crippen molar-refractivity contribution >= 4 is 23.6 Å². The molecule has 0 aliphatic rings. The molecule has 0 heterocycles. The monoisotopic (exact) mass is 204 g/mol. The maximum Gasteiger partial charge on any atom is 0.243 e. The minimum absolute atomic E-state index is 0.0948. The molecule has 0 aromatic heterocycles. The first-order valence-electron chi connectivity index (χ1n) is 4.15. The predicted octanol–water partition coefficient (Wildman–Crippen LogP) is -0.00980. The van der Waals surface area contributed by atoms with E-state index in [1.165, 1.54) is 11.8 Å². The zero-order valence-electron chi connectivity index (χ0n) is 8.22. The molecule has 4 nitrogen and oxygen atoms in total. The Hall–Kier alpha value is -0.710. The van der Waals surface area contributed by atoms with Gasteiger partial charge in [-0.05, 0) is 6.26 Å². The van der Waals surface area contributed by atoms with E-state index < -0.39 is 6.04 Å². The Labute approximate surface area is 82.8 Å². The lowest BCUT2D eigenvalue weighted by atomic mass is 10.3. The fourth-order valence-corrected chi connectivity index (χ4v) is 1.39. The average Bonchev–Trinajstić information content (AvgIpc) is 2.15. The summed E-state index contributed by atoms with van der Waals surface area (Å²) in [6, 6.07) is -0.410. The molecular weight excluding hydrogens is 188 g/mol. The van der Waals surface area contributed by atoms with Gasteiger partial charge in [0.2, 0.25) is 11.8 Å². The van der Waals surface area contributed by atoms with Crippen LogP contribution >= 0.6 is 11.8 Å². The Bertz CT molecular complexity index is 185. The van der Waals surface area contributed by atoms with Crippen LogP contribution in [-0.2, 0) is 9.59 Å². The van der Waals surface area contributed by atoms with Gasteiger partial charge >= 0.3 is 0 Å². The Balaban J connectivity index is 4.08. The van der Waals surface area contributed by atoms with Gasteiger partial charge in [0.25, 0.3) is 0 Å². The second kappa shape index (κ2) is 6.77. The standard InChI is InChI=1S/C8H16N2O2S/c1-4-7(11)10-6(5-13-3)8(12)9-2/h6H,4-5H2,1-3H3,(H,9,12)(H,10,11)/t6-/m0/s1. The molecular formula is C8H16N2O2S. The number of hydrogen-bond donors (Lipinski definition) is 2. The molecule has 0 saturated carbocycles. The first kappa shape index (κ1) is 12.3. The third-order valence-corrected chi connectivity index (χ3v) is 2.22. The van der Waals surface area contributed by atoms with Crippen LogP contribution in [0.15, 0.2) is 0 Å². The molecule has 0 aliphatic carbocycles. The van der Waals surface area contributed by atoms with E-state index in [-0.39, 0.29) is 11.8 Å². The molecule has 0 rings (SSSR count). The second-order valence-corrected chi connectivity index (χ2v) is 3.45. The summed E-state index contributed by atoms with van der Waals surface area (Å²) < 4.78 is 0.